The van der Waals surface area contributed by atoms with Crippen molar-refractivity contribution < 1.29 is 13.2 Å². The highest BCUT2D eigenvalue weighted by molar-refractivity contribution is 7.88. The van der Waals surface area contributed by atoms with Gasteiger partial charge in [-0.1, -0.05) is 23.7 Å². The molecule has 9 heteroatoms. The van der Waals surface area contributed by atoms with Gasteiger partial charge in [0, 0.05) is 28.9 Å². The Balaban J connectivity index is 1.82. The van der Waals surface area contributed by atoms with Crippen LogP contribution in [0.4, 0.5) is 11.5 Å². The standard InChI is InChI=1S/C19H19ClN4O3S/c1-27-18-9-14(20)6-7-16(18)17-10-19(22-12-21-17)24-15-5-3-4-13(8-15)11-23-28(2,25)26/h3-10,12,23H,11H2,1-2H3,(H,21,22,24). The molecule has 0 fully saturated rings. The molecule has 1 aromatic heterocycles. The molecule has 2 aromatic carbocycles. The average molecular weight is 419 g/mol. The van der Waals surface area contributed by atoms with Gasteiger partial charge in [-0.25, -0.2) is 23.1 Å². The Morgan fingerprint density at radius 1 is 1.11 bits per heavy atom. The maximum Gasteiger partial charge on any atom is 0.209 e. The van der Waals surface area contributed by atoms with Crippen molar-refractivity contribution in [3.63, 3.8) is 0 Å². The molecule has 0 saturated carbocycles. The fraction of sp³-hybridized carbons (Fsp3) is 0.158. The van der Waals surface area contributed by atoms with Crippen molar-refractivity contribution in [3.8, 4) is 17.0 Å². The first kappa shape index (κ1) is 20.1. The van der Waals surface area contributed by atoms with E-state index in [-0.39, 0.29) is 6.54 Å². The summed E-state index contributed by atoms with van der Waals surface area (Å²) in [5.74, 6) is 1.21. The van der Waals surface area contributed by atoms with E-state index in [0.717, 1.165) is 23.1 Å². The maximum absolute atomic E-state index is 11.3. The first-order valence-electron chi connectivity index (χ1n) is 8.30. The predicted octanol–water partition coefficient (Wildman–Crippen LogP) is 3.60. The summed E-state index contributed by atoms with van der Waals surface area (Å²) in [7, 11) is -1.68. The maximum atomic E-state index is 11.3. The molecule has 3 rings (SSSR count). The predicted molar refractivity (Wildman–Crippen MR) is 110 cm³/mol. The topological polar surface area (TPSA) is 93.2 Å². The summed E-state index contributed by atoms with van der Waals surface area (Å²) in [4.78, 5) is 8.56. The number of benzene rings is 2. The molecule has 146 valence electrons. The van der Waals surface area contributed by atoms with Crippen LogP contribution < -0.4 is 14.8 Å². The van der Waals surface area contributed by atoms with Crippen molar-refractivity contribution in [3.05, 3.63) is 65.4 Å². The van der Waals surface area contributed by atoms with Gasteiger partial charge in [0.1, 0.15) is 17.9 Å². The van der Waals surface area contributed by atoms with E-state index in [1.165, 1.54) is 6.33 Å². The van der Waals surface area contributed by atoms with Gasteiger partial charge >= 0.3 is 0 Å². The lowest BCUT2D eigenvalue weighted by molar-refractivity contribution is 0.416. The van der Waals surface area contributed by atoms with Crippen LogP contribution in [0.1, 0.15) is 5.56 Å². The number of aromatic nitrogens is 2. The van der Waals surface area contributed by atoms with Crippen molar-refractivity contribution >= 4 is 33.1 Å². The third-order valence-corrected chi connectivity index (χ3v) is 4.75. The van der Waals surface area contributed by atoms with Gasteiger partial charge in [0.15, 0.2) is 0 Å². The fourth-order valence-electron chi connectivity index (χ4n) is 2.57. The summed E-state index contributed by atoms with van der Waals surface area (Å²) in [6.45, 7) is 0.214. The highest BCUT2D eigenvalue weighted by Crippen LogP contribution is 2.32. The molecule has 0 atom stereocenters. The minimum absolute atomic E-state index is 0.214. The molecule has 0 aliphatic heterocycles. The van der Waals surface area contributed by atoms with Crippen LogP contribution in [-0.4, -0.2) is 31.8 Å². The molecule has 7 nitrogen and oxygen atoms in total. The molecule has 0 saturated heterocycles. The monoisotopic (exact) mass is 418 g/mol. The number of nitrogens with zero attached hydrogens (tertiary/aromatic N) is 2. The number of ether oxygens (including phenoxy) is 1. The van der Waals surface area contributed by atoms with Crippen LogP contribution in [-0.2, 0) is 16.6 Å². The molecule has 0 radical (unpaired) electrons. The van der Waals surface area contributed by atoms with Gasteiger partial charge in [0.25, 0.3) is 0 Å². The number of hydrogen-bond acceptors (Lipinski definition) is 6. The smallest absolute Gasteiger partial charge is 0.209 e. The molecule has 1 heterocycles. The van der Waals surface area contributed by atoms with Crippen LogP contribution in [0.5, 0.6) is 5.75 Å². The third kappa shape index (κ3) is 5.41. The Kier molecular flexibility index (Phi) is 6.13. The Morgan fingerprint density at radius 2 is 1.93 bits per heavy atom. The summed E-state index contributed by atoms with van der Waals surface area (Å²) >= 11 is 6.02. The third-order valence-electron chi connectivity index (χ3n) is 3.84. The highest BCUT2D eigenvalue weighted by Gasteiger charge is 2.10. The molecule has 0 spiro atoms. The molecular formula is C19H19ClN4O3S. The zero-order chi connectivity index (χ0) is 20.1. The summed E-state index contributed by atoms with van der Waals surface area (Å²) in [6, 6.07) is 14.5. The van der Waals surface area contributed by atoms with E-state index in [1.807, 2.05) is 30.3 Å². The Labute approximate surface area is 168 Å². The van der Waals surface area contributed by atoms with E-state index in [9.17, 15) is 8.42 Å². The summed E-state index contributed by atoms with van der Waals surface area (Å²) < 4.78 is 30.4. The minimum atomic E-state index is -3.25. The average Bonchev–Trinajstić information content (AvgIpc) is 2.66. The van der Waals surface area contributed by atoms with Crippen LogP contribution in [0.15, 0.2) is 54.9 Å². The number of sulfonamides is 1. The van der Waals surface area contributed by atoms with E-state index < -0.39 is 10.0 Å². The van der Waals surface area contributed by atoms with Crippen molar-refractivity contribution in [2.45, 2.75) is 6.54 Å². The molecule has 28 heavy (non-hydrogen) atoms. The minimum Gasteiger partial charge on any atom is -0.496 e. The summed E-state index contributed by atoms with van der Waals surface area (Å²) in [6.07, 6.45) is 2.59. The van der Waals surface area contributed by atoms with E-state index in [4.69, 9.17) is 16.3 Å². The summed E-state index contributed by atoms with van der Waals surface area (Å²) in [5.41, 5.74) is 3.08. The van der Waals surface area contributed by atoms with Gasteiger partial charge in [-0.3, -0.25) is 0 Å². The van der Waals surface area contributed by atoms with Crippen molar-refractivity contribution in [1.82, 2.24) is 14.7 Å². The molecule has 0 aliphatic rings. The van der Waals surface area contributed by atoms with Gasteiger partial charge in [0.2, 0.25) is 10.0 Å². The van der Waals surface area contributed by atoms with Crippen LogP contribution in [0.3, 0.4) is 0 Å². The SMILES string of the molecule is COc1cc(Cl)ccc1-c1cc(Nc2cccc(CNS(C)(=O)=O)c2)ncn1. The highest BCUT2D eigenvalue weighted by atomic mass is 35.5. The van der Waals surface area contributed by atoms with Crippen molar-refractivity contribution in [2.24, 2.45) is 0 Å². The van der Waals surface area contributed by atoms with E-state index in [1.54, 1.807) is 25.3 Å². The van der Waals surface area contributed by atoms with Gasteiger partial charge < -0.3 is 10.1 Å². The van der Waals surface area contributed by atoms with E-state index in [0.29, 0.717) is 22.3 Å². The zero-order valence-corrected chi connectivity index (χ0v) is 16.9. The largest absolute Gasteiger partial charge is 0.496 e. The van der Waals surface area contributed by atoms with Gasteiger partial charge in [-0.15, -0.1) is 0 Å². The molecule has 0 aliphatic carbocycles. The van der Waals surface area contributed by atoms with Crippen LogP contribution >= 0.6 is 11.6 Å². The number of hydrogen-bond donors (Lipinski definition) is 2. The normalized spacial score (nSPS) is 11.2. The zero-order valence-electron chi connectivity index (χ0n) is 15.3. The van der Waals surface area contributed by atoms with E-state index in [2.05, 4.69) is 20.0 Å². The van der Waals surface area contributed by atoms with Gasteiger partial charge in [-0.2, -0.15) is 0 Å². The molecular weight excluding hydrogens is 400 g/mol. The number of anilines is 2. The van der Waals surface area contributed by atoms with Crippen LogP contribution in [0, 0.1) is 0 Å². The lowest BCUT2D eigenvalue weighted by Crippen LogP contribution is -2.21. The van der Waals surface area contributed by atoms with Gasteiger partial charge in [0.05, 0.1) is 19.1 Å². The van der Waals surface area contributed by atoms with Crippen molar-refractivity contribution in [2.75, 3.05) is 18.7 Å². The first-order valence-corrected chi connectivity index (χ1v) is 10.6. The first-order chi connectivity index (χ1) is 13.3. The Morgan fingerprint density at radius 3 is 2.68 bits per heavy atom. The lowest BCUT2D eigenvalue weighted by Gasteiger charge is -2.11. The molecule has 2 N–H and O–H groups in total. The molecule has 0 bridgehead atoms. The molecule has 0 unspecified atom stereocenters. The fourth-order valence-corrected chi connectivity index (χ4v) is 3.16. The Hall–Kier alpha value is -2.68. The molecule has 3 aromatic rings. The van der Waals surface area contributed by atoms with Gasteiger partial charge in [-0.05, 0) is 35.9 Å². The second kappa shape index (κ2) is 8.55. The summed E-state index contributed by atoms with van der Waals surface area (Å²) in [5, 5.41) is 3.78. The number of nitrogens with one attached hydrogen (secondary N) is 2. The second-order valence-electron chi connectivity index (χ2n) is 6.05. The number of rotatable bonds is 7. The molecule has 0 amide bonds. The van der Waals surface area contributed by atoms with Crippen LogP contribution in [0.25, 0.3) is 11.3 Å². The van der Waals surface area contributed by atoms with Crippen LogP contribution in [0.2, 0.25) is 5.02 Å². The number of halogens is 1. The van der Waals surface area contributed by atoms with Crippen molar-refractivity contribution in [1.29, 1.82) is 0 Å². The quantitative estimate of drug-likeness (QED) is 0.609. The lowest BCUT2D eigenvalue weighted by atomic mass is 10.1. The number of methoxy groups -OCH3 is 1. The van der Waals surface area contributed by atoms with E-state index >= 15 is 0 Å². The Bertz CT molecular complexity index is 1090. The second-order valence-corrected chi connectivity index (χ2v) is 8.32.